The lowest BCUT2D eigenvalue weighted by atomic mass is 10.1. The highest BCUT2D eigenvalue weighted by atomic mass is 35.5. The van der Waals surface area contributed by atoms with E-state index in [0.29, 0.717) is 21.7 Å². The molecule has 1 aliphatic rings. The van der Waals surface area contributed by atoms with E-state index >= 15 is 0 Å². The topological polar surface area (TPSA) is 64.3 Å². The lowest BCUT2D eigenvalue weighted by molar-refractivity contribution is 0.265. The highest BCUT2D eigenvalue weighted by Crippen LogP contribution is 2.43. The fourth-order valence-electron chi connectivity index (χ4n) is 2.28. The Morgan fingerprint density at radius 3 is 2.62 bits per heavy atom. The van der Waals surface area contributed by atoms with Crippen molar-refractivity contribution in [2.24, 2.45) is 0 Å². The minimum atomic E-state index is -3.01. The van der Waals surface area contributed by atoms with E-state index in [1.54, 1.807) is 29.1 Å². The third-order valence-electron chi connectivity index (χ3n) is 3.40. The Morgan fingerprint density at radius 1 is 1.38 bits per heavy atom. The molecular formula is C13H13Cl2N2O3P. The molecule has 0 radical (unpaired) electrons. The first-order chi connectivity index (χ1) is 10.1. The Labute approximate surface area is 132 Å². The van der Waals surface area contributed by atoms with E-state index < -0.39 is 8.25 Å². The Morgan fingerprint density at radius 2 is 2.05 bits per heavy atom. The van der Waals surface area contributed by atoms with Gasteiger partial charge in [-0.2, -0.15) is 5.10 Å². The Balaban J connectivity index is 2.07. The summed E-state index contributed by atoms with van der Waals surface area (Å²) in [5, 5.41) is 5.27. The zero-order valence-corrected chi connectivity index (χ0v) is 13.4. The van der Waals surface area contributed by atoms with Gasteiger partial charge in [0, 0.05) is 0 Å². The van der Waals surface area contributed by atoms with E-state index in [4.69, 9.17) is 32.6 Å². The van der Waals surface area contributed by atoms with Gasteiger partial charge < -0.3 is 9.42 Å². The van der Waals surface area contributed by atoms with Crippen LogP contribution in [0.3, 0.4) is 0 Å². The molecule has 1 N–H and O–H groups in total. The predicted molar refractivity (Wildman–Crippen MR) is 81.6 cm³/mol. The van der Waals surface area contributed by atoms with E-state index in [0.717, 1.165) is 24.1 Å². The van der Waals surface area contributed by atoms with Crippen LogP contribution in [-0.4, -0.2) is 14.7 Å². The summed E-state index contributed by atoms with van der Waals surface area (Å²) < 4.78 is 17.4. The first-order valence-corrected chi connectivity index (χ1v) is 8.46. The molecule has 0 aliphatic heterocycles. The van der Waals surface area contributed by atoms with Crippen LogP contribution in [0.1, 0.15) is 30.0 Å². The van der Waals surface area contributed by atoms with Crippen molar-refractivity contribution in [1.29, 1.82) is 0 Å². The molecule has 112 valence electrons. The minimum Gasteiger partial charge on any atom is -0.326 e. The number of rotatable bonds is 5. The molecular weight excluding hydrogens is 334 g/mol. The molecule has 21 heavy (non-hydrogen) atoms. The van der Waals surface area contributed by atoms with Gasteiger partial charge in [-0.15, -0.1) is 0 Å². The molecule has 1 aromatic carbocycles. The highest BCUT2D eigenvalue weighted by molar-refractivity contribution is 7.32. The van der Waals surface area contributed by atoms with Crippen LogP contribution < -0.4 is 0 Å². The molecule has 1 saturated carbocycles. The van der Waals surface area contributed by atoms with E-state index in [-0.39, 0.29) is 6.61 Å². The molecule has 1 aliphatic carbocycles. The molecule has 0 saturated heterocycles. The summed E-state index contributed by atoms with van der Waals surface area (Å²) in [6, 6.07) is 5.20. The molecule has 0 bridgehead atoms. The number of hydrogen-bond acceptors (Lipinski definition) is 3. The highest BCUT2D eigenvalue weighted by Gasteiger charge is 2.30. The maximum absolute atomic E-state index is 10.9. The van der Waals surface area contributed by atoms with Gasteiger partial charge in [0.1, 0.15) is 5.69 Å². The third-order valence-corrected chi connectivity index (χ3v) is 4.40. The fourth-order valence-corrected chi connectivity index (χ4v) is 3.10. The van der Waals surface area contributed by atoms with Gasteiger partial charge in [0.25, 0.3) is 0 Å². The molecule has 1 heterocycles. The van der Waals surface area contributed by atoms with Crippen LogP contribution in [0, 0.1) is 0 Å². The van der Waals surface area contributed by atoms with Crippen molar-refractivity contribution in [2.75, 3.05) is 0 Å². The Bertz CT molecular complexity index is 680. The molecule has 8 heteroatoms. The standard InChI is InChI=1S/C13H13Cl2N2O3P/c14-10-2-1-3-11(15)13(10)17-12(7-20-21(18)19)9(6-16-17)8-4-5-8/h1-3,6,8,21H,4-5,7H2,(H,18,19). The van der Waals surface area contributed by atoms with Gasteiger partial charge in [-0.3, -0.25) is 4.57 Å². The van der Waals surface area contributed by atoms with Crippen LogP contribution in [0.4, 0.5) is 0 Å². The molecule has 3 rings (SSSR count). The van der Waals surface area contributed by atoms with Crippen LogP contribution >= 0.6 is 31.5 Å². The normalized spacial score (nSPS) is 16.1. The summed E-state index contributed by atoms with van der Waals surface area (Å²) in [5.74, 6) is 0.430. The third kappa shape index (κ3) is 3.17. The van der Waals surface area contributed by atoms with Crippen molar-refractivity contribution in [3.8, 4) is 5.69 Å². The van der Waals surface area contributed by atoms with Crippen molar-refractivity contribution < 1.29 is 14.0 Å². The van der Waals surface area contributed by atoms with E-state index in [1.807, 2.05) is 0 Å². The second-order valence-corrected chi connectivity index (χ2v) is 6.49. The van der Waals surface area contributed by atoms with Gasteiger partial charge in [0.05, 0.1) is 28.5 Å². The molecule has 1 fully saturated rings. The lowest BCUT2D eigenvalue weighted by Crippen LogP contribution is -2.05. The summed E-state index contributed by atoms with van der Waals surface area (Å²) in [6.07, 6.45) is 3.93. The predicted octanol–water partition coefficient (Wildman–Crippen LogP) is 3.96. The Hall–Kier alpha value is -0.840. The van der Waals surface area contributed by atoms with Crippen molar-refractivity contribution in [1.82, 2.24) is 9.78 Å². The molecule has 0 amide bonds. The van der Waals surface area contributed by atoms with Crippen LogP contribution in [-0.2, 0) is 15.7 Å². The van der Waals surface area contributed by atoms with Gasteiger partial charge in [0.15, 0.2) is 0 Å². The van der Waals surface area contributed by atoms with Crippen LogP contribution in [0.2, 0.25) is 10.0 Å². The molecule has 1 atom stereocenters. The van der Waals surface area contributed by atoms with Crippen molar-refractivity contribution in [3.63, 3.8) is 0 Å². The van der Waals surface area contributed by atoms with E-state index in [1.165, 1.54) is 0 Å². The van der Waals surface area contributed by atoms with Gasteiger partial charge >= 0.3 is 8.25 Å². The second kappa shape index (κ2) is 6.11. The zero-order chi connectivity index (χ0) is 15.0. The second-order valence-electron chi connectivity index (χ2n) is 4.86. The summed E-state index contributed by atoms with van der Waals surface area (Å²) in [5.41, 5.74) is 2.30. The van der Waals surface area contributed by atoms with Crippen molar-refractivity contribution in [3.05, 3.63) is 45.7 Å². The van der Waals surface area contributed by atoms with Gasteiger partial charge in [0.2, 0.25) is 0 Å². The maximum atomic E-state index is 10.9. The summed E-state index contributed by atoms with van der Waals surface area (Å²) >= 11 is 12.4. The summed E-state index contributed by atoms with van der Waals surface area (Å²) in [7, 11) is -3.01. The average Bonchev–Trinajstić information content (AvgIpc) is 3.18. The maximum Gasteiger partial charge on any atom is 0.316 e. The first kappa shape index (κ1) is 15.1. The smallest absolute Gasteiger partial charge is 0.316 e. The van der Waals surface area contributed by atoms with Gasteiger partial charge in [-0.05, 0) is 36.5 Å². The number of benzene rings is 1. The molecule has 1 aromatic heterocycles. The average molecular weight is 347 g/mol. The number of aromatic nitrogens is 2. The molecule has 1 unspecified atom stereocenters. The first-order valence-electron chi connectivity index (χ1n) is 6.45. The zero-order valence-electron chi connectivity index (χ0n) is 10.9. The lowest BCUT2D eigenvalue weighted by Gasteiger charge is -2.12. The quantitative estimate of drug-likeness (QED) is 0.832. The largest absolute Gasteiger partial charge is 0.326 e. The van der Waals surface area contributed by atoms with Crippen molar-refractivity contribution in [2.45, 2.75) is 25.4 Å². The molecule has 2 aromatic rings. The number of para-hydroxylation sites is 1. The fraction of sp³-hybridized carbons (Fsp3) is 0.308. The van der Waals surface area contributed by atoms with Crippen LogP contribution in [0.5, 0.6) is 0 Å². The number of nitrogens with zero attached hydrogens (tertiary/aromatic N) is 2. The van der Waals surface area contributed by atoms with Gasteiger partial charge in [-0.1, -0.05) is 29.3 Å². The summed E-state index contributed by atoms with van der Waals surface area (Å²) in [6.45, 7) is 0.00167. The van der Waals surface area contributed by atoms with Crippen LogP contribution in [0.15, 0.2) is 24.4 Å². The minimum absolute atomic E-state index is 0.00167. The Kier molecular flexibility index (Phi) is 4.38. The summed E-state index contributed by atoms with van der Waals surface area (Å²) in [4.78, 5) is 8.91. The monoisotopic (exact) mass is 346 g/mol. The van der Waals surface area contributed by atoms with E-state index in [9.17, 15) is 4.57 Å². The molecule has 0 spiro atoms. The van der Waals surface area contributed by atoms with Gasteiger partial charge in [-0.25, -0.2) is 4.68 Å². The number of halogens is 2. The SMILES string of the molecule is O=[PH](O)OCc1c(C2CC2)cnn1-c1c(Cl)cccc1Cl. The van der Waals surface area contributed by atoms with E-state index in [2.05, 4.69) is 5.10 Å². The molecule has 5 nitrogen and oxygen atoms in total. The number of hydrogen-bond donors (Lipinski definition) is 1. The van der Waals surface area contributed by atoms with Crippen molar-refractivity contribution >= 4 is 31.5 Å². The van der Waals surface area contributed by atoms with Crippen LogP contribution in [0.25, 0.3) is 5.69 Å².